The molecule has 3 nitrogen and oxygen atoms in total. The topological polar surface area (TPSA) is 35.5 Å². The molecule has 0 amide bonds. The van der Waals surface area contributed by atoms with Crippen molar-refractivity contribution in [3.63, 3.8) is 0 Å². The van der Waals surface area contributed by atoms with Gasteiger partial charge < -0.3 is 10.4 Å². The van der Waals surface area contributed by atoms with E-state index in [9.17, 15) is 5.11 Å². The maximum Gasteiger partial charge on any atom is 0.123 e. The molecule has 24 heavy (non-hydrogen) atoms. The minimum atomic E-state index is 0.409. The number of aromatic hydroxyl groups is 1. The number of fused-ring (bicyclic) bond motifs is 3. The van der Waals surface area contributed by atoms with Crippen molar-refractivity contribution in [2.45, 2.75) is 70.4 Å². The summed E-state index contributed by atoms with van der Waals surface area (Å²) in [7, 11) is 2.32. The van der Waals surface area contributed by atoms with E-state index >= 15 is 0 Å². The molecule has 1 aliphatic heterocycles. The molecule has 132 valence electrons. The summed E-state index contributed by atoms with van der Waals surface area (Å²) in [5.74, 6) is 1.94. The van der Waals surface area contributed by atoms with Crippen LogP contribution in [0.2, 0.25) is 0 Å². The zero-order chi connectivity index (χ0) is 16.8. The normalized spacial score (nSPS) is 30.4. The van der Waals surface area contributed by atoms with Crippen molar-refractivity contribution in [3.8, 4) is 5.75 Å². The first-order valence-electron chi connectivity index (χ1n) is 9.85. The van der Waals surface area contributed by atoms with Crippen molar-refractivity contribution < 1.29 is 5.11 Å². The Morgan fingerprint density at radius 2 is 1.71 bits per heavy atom. The van der Waals surface area contributed by atoms with Gasteiger partial charge in [-0.3, -0.25) is 4.90 Å². The quantitative estimate of drug-likeness (QED) is 0.860. The summed E-state index contributed by atoms with van der Waals surface area (Å²) < 4.78 is 0. The standard InChI is InChI=1S/C21H32N2O/c1-13-12-14(2)21(24)19-18(13)16-6-4-5-7-17(16)20(19)23(3)15-8-10-22-11-9-15/h12,15-17,20,22,24H,4-11H2,1-3H3. The molecule has 0 aromatic heterocycles. The number of hydrogen-bond acceptors (Lipinski definition) is 3. The molecule has 0 radical (unpaired) electrons. The lowest BCUT2D eigenvalue weighted by atomic mass is 9.77. The molecule has 3 aliphatic rings. The van der Waals surface area contributed by atoms with Crippen LogP contribution in [0.1, 0.15) is 72.7 Å². The van der Waals surface area contributed by atoms with E-state index < -0.39 is 0 Å². The van der Waals surface area contributed by atoms with Crippen LogP contribution in [-0.2, 0) is 0 Å². The Kier molecular flexibility index (Phi) is 4.34. The number of hydrogen-bond donors (Lipinski definition) is 2. The Hall–Kier alpha value is -1.06. The lowest BCUT2D eigenvalue weighted by Crippen LogP contribution is -2.44. The van der Waals surface area contributed by atoms with E-state index in [2.05, 4.69) is 37.2 Å². The monoisotopic (exact) mass is 328 g/mol. The molecule has 3 unspecified atom stereocenters. The molecule has 4 rings (SSSR count). The Bertz CT molecular complexity index is 621. The number of nitrogens with zero attached hydrogens (tertiary/aromatic N) is 1. The highest BCUT2D eigenvalue weighted by atomic mass is 16.3. The van der Waals surface area contributed by atoms with Gasteiger partial charge in [-0.15, -0.1) is 0 Å². The van der Waals surface area contributed by atoms with Crippen LogP contribution in [0.4, 0.5) is 0 Å². The number of aryl methyl sites for hydroxylation is 2. The van der Waals surface area contributed by atoms with Crippen molar-refractivity contribution in [3.05, 3.63) is 28.3 Å². The van der Waals surface area contributed by atoms with E-state index in [1.165, 1.54) is 55.2 Å². The smallest absolute Gasteiger partial charge is 0.123 e. The summed E-state index contributed by atoms with van der Waals surface area (Å²) in [5, 5.41) is 14.5. The average molecular weight is 329 g/mol. The van der Waals surface area contributed by atoms with Crippen LogP contribution >= 0.6 is 0 Å². The van der Waals surface area contributed by atoms with E-state index in [1.807, 2.05) is 0 Å². The van der Waals surface area contributed by atoms with E-state index in [0.29, 0.717) is 29.7 Å². The average Bonchev–Trinajstić information content (AvgIpc) is 2.95. The minimum absolute atomic E-state index is 0.409. The number of phenols is 1. The summed E-state index contributed by atoms with van der Waals surface area (Å²) in [6.07, 6.45) is 7.77. The molecule has 1 saturated heterocycles. The zero-order valence-corrected chi connectivity index (χ0v) is 15.4. The second kappa shape index (κ2) is 6.34. The molecule has 3 heteroatoms. The van der Waals surface area contributed by atoms with Gasteiger partial charge >= 0.3 is 0 Å². The number of rotatable bonds is 2. The fourth-order valence-electron chi connectivity index (χ4n) is 5.87. The van der Waals surface area contributed by atoms with Gasteiger partial charge in [-0.2, -0.15) is 0 Å². The highest BCUT2D eigenvalue weighted by Gasteiger charge is 2.47. The lowest BCUT2D eigenvalue weighted by Gasteiger charge is -2.41. The van der Waals surface area contributed by atoms with Crippen LogP contribution in [0.15, 0.2) is 6.07 Å². The number of benzene rings is 1. The van der Waals surface area contributed by atoms with Crippen LogP contribution in [0.3, 0.4) is 0 Å². The number of piperidine rings is 1. The highest BCUT2D eigenvalue weighted by molar-refractivity contribution is 5.56. The van der Waals surface area contributed by atoms with Crippen molar-refractivity contribution in [1.82, 2.24) is 10.2 Å². The van der Waals surface area contributed by atoms with Crippen molar-refractivity contribution in [2.75, 3.05) is 20.1 Å². The van der Waals surface area contributed by atoms with Crippen LogP contribution < -0.4 is 5.32 Å². The van der Waals surface area contributed by atoms with E-state index in [4.69, 9.17) is 0 Å². The Balaban J connectivity index is 1.78. The van der Waals surface area contributed by atoms with Gasteiger partial charge in [-0.05, 0) is 88.2 Å². The lowest BCUT2D eigenvalue weighted by molar-refractivity contribution is 0.0877. The summed E-state index contributed by atoms with van der Waals surface area (Å²) in [6.45, 7) is 6.57. The van der Waals surface area contributed by atoms with Crippen molar-refractivity contribution in [2.24, 2.45) is 5.92 Å². The van der Waals surface area contributed by atoms with Crippen LogP contribution in [0.25, 0.3) is 0 Å². The maximum absolute atomic E-state index is 11.0. The second-order valence-electron chi connectivity index (χ2n) is 8.33. The summed E-state index contributed by atoms with van der Waals surface area (Å²) in [6, 6.07) is 3.25. The minimum Gasteiger partial charge on any atom is -0.507 e. The fourth-order valence-corrected chi connectivity index (χ4v) is 5.87. The van der Waals surface area contributed by atoms with Gasteiger partial charge in [0.05, 0.1) is 0 Å². The molecule has 1 saturated carbocycles. The Labute approximate surface area is 146 Å². The number of phenolic OH excluding ortho intramolecular Hbond substituents is 1. The van der Waals surface area contributed by atoms with E-state index in [1.54, 1.807) is 0 Å². The van der Waals surface area contributed by atoms with Crippen molar-refractivity contribution in [1.29, 1.82) is 0 Å². The third kappa shape index (κ3) is 2.48. The van der Waals surface area contributed by atoms with Gasteiger partial charge in [-0.1, -0.05) is 18.9 Å². The van der Waals surface area contributed by atoms with E-state index in [0.717, 1.165) is 18.7 Å². The third-order valence-corrected chi connectivity index (χ3v) is 6.99. The zero-order valence-electron chi connectivity index (χ0n) is 15.4. The number of nitrogens with one attached hydrogen (secondary N) is 1. The molecule has 1 aromatic carbocycles. The molecule has 1 aromatic rings. The molecule has 0 bridgehead atoms. The first-order valence-corrected chi connectivity index (χ1v) is 9.85. The van der Waals surface area contributed by atoms with E-state index in [-0.39, 0.29) is 0 Å². The highest BCUT2D eigenvalue weighted by Crippen LogP contribution is 2.58. The van der Waals surface area contributed by atoms with Gasteiger partial charge in [0.2, 0.25) is 0 Å². The molecule has 2 N–H and O–H groups in total. The second-order valence-corrected chi connectivity index (χ2v) is 8.33. The SMILES string of the molecule is Cc1cc(C)c2c(c1O)C(N(C)C1CCNCC1)C1CCCCC21. The van der Waals surface area contributed by atoms with Gasteiger partial charge in [-0.25, -0.2) is 0 Å². The van der Waals surface area contributed by atoms with Crippen molar-refractivity contribution >= 4 is 0 Å². The molecular weight excluding hydrogens is 296 g/mol. The summed E-state index contributed by atoms with van der Waals surface area (Å²) in [4.78, 5) is 2.63. The molecule has 0 spiro atoms. The molecular formula is C21H32N2O. The van der Waals surface area contributed by atoms with Gasteiger partial charge in [0.25, 0.3) is 0 Å². The van der Waals surface area contributed by atoms with Gasteiger partial charge in [0.1, 0.15) is 5.75 Å². The Morgan fingerprint density at radius 3 is 2.46 bits per heavy atom. The summed E-state index contributed by atoms with van der Waals surface area (Å²) in [5.41, 5.74) is 5.23. The first kappa shape index (κ1) is 16.4. The van der Waals surface area contributed by atoms with Gasteiger partial charge in [0, 0.05) is 17.6 Å². The third-order valence-electron chi connectivity index (χ3n) is 6.99. The van der Waals surface area contributed by atoms with Crippen LogP contribution in [0, 0.1) is 19.8 Å². The molecule has 1 heterocycles. The van der Waals surface area contributed by atoms with Crippen LogP contribution in [-0.4, -0.2) is 36.2 Å². The summed E-state index contributed by atoms with van der Waals surface area (Å²) >= 11 is 0. The Morgan fingerprint density at radius 1 is 1.00 bits per heavy atom. The molecule has 3 atom stereocenters. The predicted molar refractivity (Wildman–Crippen MR) is 98.7 cm³/mol. The van der Waals surface area contributed by atoms with Gasteiger partial charge in [0.15, 0.2) is 0 Å². The molecule has 2 fully saturated rings. The largest absolute Gasteiger partial charge is 0.507 e. The first-order chi connectivity index (χ1) is 11.6. The fraction of sp³-hybridized carbons (Fsp3) is 0.714. The predicted octanol–water partition coefficient (Wildman–Crippen LogP) is 4.02. The molecule has 2 aliphatic carbocycles. The maximum atomic E-state index is 11.0. The van der Waals surface area contributed by atoms with Crippen LogP contribution in [0.5, 0.6) is 5.75 Å².